The summed E-state index contributed by atoms with van der Waals surface area (Å²) in [6.07, 6.45) is 5.32. The second kappa shape index (κ2) is 3.81. The highest BCUT2D eigenvalue weighted by molar-refractivity contribution is 6.50. The van der Waals surface area contributed by atoms with Crippen LogP contribution in [0.1, 0.15) is 0 Å². The van der Waals surface area contributed by atoms with Crippen LogP contribution in [0.25, 0.3) is 0 Å². The second-order valence-corrected chi connectivity index (χ2v) is 4.94. The molecule has 0 saturated heterocycles. The van der Waals surface area contributed by atoms with Crippen molar-refractivity contribution in [2.24, 2.45) is 0 Å². The topological polar surface area (TPSA) is 47.4 Å². The van der Waals surface area contributed by atoms with Gasteiger partial charge in [0.15, 0.2) is 0 Å². The Kier molecular flexibility index (Phi) is 2.98. The molecule has 0 spiro atoms. The fourth-order valence-corrected chi connectivity index (χ4v) is 2.65. The molecule has 68 valence electrons. The summed E-state index contributed by atoms with van der Waals surface area (Å²) in [6, 6.07) is 0. The van der Waals surface area contributed by atoms with Crippen LogP contribution in [0.15, 0.2) is 18.7 Å². The van der Waals surface area contributed by atoms with Gasteiger partial charge in [-0.3, -0.25) is 4.98 Å². The van der Waals surface area contributed by atoms with E-state index in [9.17, 15) is 0 Å². The number of nitrogens with one attached hydrogen (secondary N) is 1. The number of hydrogen-bond donors (Lipinski definition) is 1. The minimum atomic E-state index is -2.66. The monoisotopic (exact) mass is 189 g/mol. The number of rotatable bonds is 4. The third-order valence-corrected chi connectivity index (χ3v) is 4.09. The molecule has 1 aromatic heterocycles. The molecule has 0 unspecified atom stereocenters. The molecule has 0 bridgehead atoms. The summed E-state index contributed by atoms with van der Waals surface area (Å²) < 4.78 is 17.4. The summed E-state index contributed by atoms with van der Waals surface area (Å²) in [5.74, 6) is 0. The molecule has 1 heterocycles. The van der Waals surface area contributed by atoms with Crippen LogP contribution < -0.4 is 4.23 Å². The zero-order valence-corrected chi connectivity index (χ0v) is 8.40. The first-order chi connectivity index (χ1) is 5.79. The summed E-state index contributed by atoms with van der Waals surface area (Å²) in [5.41, 5.74) is 0. The largest absolute Gasteiger partial charge is 0.756 e. The predicted octanol–water partition coefficient (Wildman–Crippen LogP) is -0.475. The molecule has 0 atom stereocenters. The molecule has 0 amide bonds. The van der Waals surface area contributed by atoms with Crippen LogP contribution in [0.4, 0.5) is 0 Å². The lowest BCUT2D eigenvalue weighted by atomic mass is 11.0. The first-order valence-electron chi connectivity index (χ1n) is 3.49. The van der Waals surface area contributed by atoms with Crippen LogP contribution in [0, 0.1) is 0 Å². The zero-order valence-electron chi connectivity index (χ0n) is 7.40. The van der Waals surface area contributed by atoms with Gasteiger partial charge in [0, 0.05) is 21.3 Å². The maximum Gasteiger partial charge on any atom is 0.756 e. The molecule has 1 aromatic rings. The first kappa shape index (κ1) is 9.40. The Hall–Kier alpha value is -0.693. The maximum atomic E-state index is 5.22. The molecule has 1 N–H and O–H groups in total. The lowest BCUT2D eigenvalue weighted by molar-refractivity contribution is -0.592. The smallest absolute Gasteiger partial charge is 0.341 e. The van der Waals surface area contributed by atoms with Crippen LogP contribution in [-0.4, -0.2) is 35.3 Å². The molecule has 5 nitrogen and oxygen atoms in total. The summed E-state index contributed by atoms with van der Waals surface area (Å²) in [6.45, 7) is 0. The third kappa shape index (κ3) is 1.41. The van der Waals surface area contributed by atoms with E-state index in [0.29, 0.717) is 0 Å². The van der Waals surface area contributed by atoms with Gasteiger partial charge in [-0.05, 0) is 0 Å². The Labute approximate surface area is 72.3 Å². The van der Waals surface area contributed by atoms with E-state index < -0.39 is 8.97 Å². The molecule has 0 aromatic carbocycles. The van der Waals surface area contributed by atoms with E-state index >= 15 is 0 Å². The van der Waals surface area contributed by atoms with Gasteiger partial charge in [-0.2, -0.15) is 0 Å². The van der Waals surface area contributed by atoms with Crippen molar-refractivity contribution in [1.82, 2.24) is 4.98 Å². The van der Waals surface area contributed by atoms with Crippen molar-refractivity contribution in [3.05, 3.63) is 18.7 Å². The Morgan fingerprint density at radius 1 is 1.17 bits per heavy atom. The second-order valence-electron chi connectivity index (χ2n) is 2.16. The van der Waals surface area contributed by atoms with Crippen LogP contribution in [-0.2, 0) is 13.3 Å². The van der Waals surface area contributed by atoms with Gasteiger partial charge in [0.25, 0.3) is 0 Å². The van der Waals surface area contributed by atoms with Crippen LogP contribution in [0.2, 0.25) is 0 Å². The zero-order chi connectivity index (χ0) is 9.03. The number of imidazole rings is 1. The van der Waals surface area contributed by atoms with Gasteiger partial charge in [0.2, 0.25) is 6.33 Å². The van der Waals surface area contributed by atoms with Crippen LogP contribution >= 0.6 is 0 Å². The van der Waals surface area contributed by atoms with Crippen molar-refractivity contribution in [2.45, 2.75) is 0 Å². The Balaban J connectivity index is 2.93. The van der Waals surface area contributed by atoms with Gasteiger partial charge in [0.05, 0.1) is 0 Å². The molecule has 1 rings (SSSR count). The summed E-state index contributed by atoms with van der Waals surface area (Å²) in [5, 5.41) is 0. The van der Waals surface area contributed by atoms with Crippen molar-refractivity contribution in [3.63, 3.8) is 0 Å². The van der Waals surface area contributed by atoms with E-state index in [2.05, 4.69) is 4.98 Å². The van der Waals surface area contributed by atoms with Gasteiger partial charge in [0.1, 0.15) is 12.4 Å². The normalized spacial score (nSPS) is 11.9. The maximum absolute atomic E-state index is 5.22. The van der Waals surface area contributed by atoms with Crippen LogP contribution in [0.3, 0.4) is 0 Å². The number of aromatic nitrogens is 2. The Morgan fingerprint density at radius 2 is 1.75 bits per heavy atom. The Morgan fingerprint density at radius 3 is 2.08 bits per heavy atom. The number of hydrogen-bond acceptors (Lipinski definition) is 3. The van der Waals surface area contributed by atoms with Gasteiger partial charge in [-0.15, -0.1) is 0 Å². The van der Waals surface area contributed by atoms with Crippen molar-refractivity contribution in [3.8, 4) is 0 Å². The van der Waals surface area contributed by atoms with E-state index in [0.717, 1.165) is 0 Å². The molecule has 0 fully saturated rings. The van der Waals surface area contributed by atoms with Gasteiger partial charge < -0.3 is 13.3 Å². The van der Waals surface area contributed by atoms with E-state index in [1.54, 1.807) is 38.1 Å². The molecule has 12 heavy (non-hydrogen) atoms. The van der Waals surface area contributed by atoms with Gasteiger partial charge in [-0.1, -0.05) is 0 Å². The molecular formula is C6H13N2O3Si+. The van der Waals surface area contributed by atoms with Crippen molar-refractivity contribution in [1.29, 1.82) is 0 Å². The number of aromatic amines is 1. The molecule has 0 aliphatic rings. The van der Waals surface area contributed by atoms with E-state index in [4.69, 9.17) is 13.3 Å². The fourth-order valence-electron chi connectivity index (χ4n) is 1.03. The highest BCUT2D eigenvalue weighted by Crippen LogP contribution is 1.99. The summed E-state index contributed by atoms with van der Waals surface area (Å²) >= 11 is 0. The van der Waals surface area contributed by atoms with E-state index in [1.165, 1.54) is 0 Å². The lowest BCUT2D eigenvalue weighted by Crippen LogP contribution is -2.68. The quantitative estimate of drug-likeness (QED) is 0.651. The minimum Gasteiger partial charge on any atom is -0.341 e. The summed E-state index contributed by atoms with van der Waals surface area (Å²) in [4.78, 5) is 2.90. The average Bonchev–Trinajstić information content (AvgIpc) is 2.62. The minimum absolute atomic E-state index is 1.57. The summed E-state index contributed by atoms with van der Waals surface area (Å²) in [7, 11) is 2.05. The van der Waals surface area contributed by atoms with E-state index in [-0.39, 0.29) is 0 Å². The molecule has 0 aliphatic carbocycles. The number of H-pyrrole nitrogens is 1. The van der Waals surface area contributed by atoms with E-state index in [1.807, 2.05) is 6.20 Å². The molecule has 0 radical (unpaired) electrons. The first-order valence-corrected chi connectivity index (χ1v) is 5.16. The third-order valence-electron chi connectivity index (χ3n) is 1.64. The average molecular weight is 189 g/mol. The van der Waals surface area contributed by atoms with Gasteiger partial charge >= 0.3 is 8.97 Å². The number of nitrogens with zero attached hydrogens (tertiary/aromatic N) is 1. The SMILES string of the molecule is CO[Si](OC)(OC)[n+]1cc[nH]c1. The van der Waals surface area contributed by atoms with Crippen molar-refractivity contribution in [2.75, 3.05) is 21.3 Å². The standard InChI is InChI=1S/C6H12N2O3Si/c1-9-12(10-2,11-3)8-5-4-7-6-8/h4-6H,1-3H3/p+1. The molecule has 0 aliphatic heterocycles. The molecule has 6 heteroatoms. The van der Waals surface area contributed by atoms with Crippen molar-refractivity contribution < 1.29 is 17.5 Å². The lowest BCUT2D eigenvalue weighted by Gasteiger charge is -2.17. The van der Waals surface area contributed by atoms with Gasteiger partial charge in [-0.25, -0.2) is 4.23 Å². The fraction of sp³-hybridized carbons (Fsp3) is 0.500. The molecular weight excluding hydrogens is 176 g/mol. The highest BCUT2D eigenvalue weighted by Gasteiger charge is 2.49. The van der Waals surface area contributed by atoms with Crippen LogP contribution in [0.5, 0.6) is 0 Å². The highest BCUT2D eigenvalue weighted by atomic mass is 28.4. The predicted molar refractivity (Wildman–Crippen MR) is 43.2 cm³/mol. The Bertz CT molecular complexity index is 214. The van der Waals surface area contributed by atoms with Crippen molar-refractivity contribution >= 4 is 8.97 Å². The molecule has 0 saturated carbocycles.